The van der Waals surface area contributed by atoms with E-state index < -0.39 is 0 Å². The van der Waals surface area contributed by atoms with Crippen molar-refractivity contribution in [3.05, 3.63) is 0 Å². The Hall–Kier alpha value is -0.120. The van der Waals surface area contributed by atoms with E-state index in [9.17, 15) is 0 Å². The molecule has 0 aromatic rings. The fourth-order valence-electron chi connectivity index (χ4n) is 4.52. The number of hydrogen-bond donors (Lipinski definition) is 1. The molecular formula is C18H34O3. The van der Waals surface area contributed by atoms with Crippen LogP contribution in [0.2, 0.25) is 0 Å². The van der Waals surface area contributed by atoms with Crippen molar-refractivity contribution in [1.82, 2.24) is 0 Å². The van der Waals surface area contributed by atoms with Gasteiger partial charge in [0.25, 0.3) is 0 Å². The van der Waals surface area contributed by atoms with E-state index in [1.165, 1.54) is 19.3 Å². The van der Waals surface area contributed by atoms with E-state index in [1.54, 1.807) is 0 Å². The summed E-state index contributed by atoms with van der Waals surface area (Å²) < 4.78 is 12.1. The van der Waals surface area contributed by atoms with Gasteiger partial charge in [0, 0.05) is 19.4 Å². The highest BCUT2D eigenvalue weighted by Crippen LogP contribution is 2.49. The highest BCUT2D eigenvalue weighted by molar-refractivity contribution is 4.91. The van der Waals surface area contributed by atoms with E-state index in [4.69, 9.17) is 14.6 Å². The summed E-state index contributed by atoms with van der Waals surface area (Å²) in [4.78, 5) is 0. The van der Waals surface area contributed by atoms with Crippen LogP contribution >= 0.6 is 0 Å². The lowest BCUT2D eigenvalue weighted by Gasteiger charge is -2.45. The van der Waals surface area contributed by atoms with Crippen molar-refractivity contribution in [2.45, 2.75) is 85.0 Å². The molecule has 21 heavy (non-hydrogen) atoms. The second-order valence-electron chi connectivity index (χ2n) is 8.97. The van der Waals surface area contributed by atoms with E-state index in [-0.39, 0.29) is 18.5 Å². The molecule has 1 N–H and O–H groups in total. The Morgan fingerprint density at radius 1 is 1.10 bits per heavy atom. The summed E-state index contributed by atoms with van der Waals surface area (Å²) in [6, 6.07) is 0. The highest BCUT2D eigenvalue weighted by atomic mass is 16.7. The Morgan fingerprint density at radius 3 is 2.24 bits per heavy atom. The largest absolute Gasteiger partial charge is 0.396 e. The van der Waals surface area contributed by atoms with Gasteiger partial charge in [-0.3, -0.25) is 0 Å². The molecule has 1 saturated heterocycles. The molecule has 0 aromatic carbocycles. The summed E-state index contributed by atoms with van der Waals surface area (Å²) in [5.41, 5.74) is 0.758. The van der Waals surface area contributed by atoms with Crippen molar-refractivity contribution in [1.29, 1.82) is 0 Å². The lowest BCUT2D eigenvalue weighted by Crippen LogP contribution is -2.40. The molecule has 124 valence electrons. The molecule has 0 amide bonds. The van der Waals surface area contributed by atoms with Crippen LogP contribution in [0.3, 0.4) is 0 Å². The van der Waals surface area contributed by atoms with Gasteiger partial charge in [0.05, 0.1) is 12.7 Å². The van der Waals surface area contributed by atoms with Crippen LogP contribution in [0.5, 0.6) is 0 Å². The molecule has 1 aliphatic heterocycles. The van der Waals surface area contributed by atoms with Crippen molar-refractivity contribution >= 4 is 0 Å². The number of aliphatic hydroxyl groups excluding tert-OH is 1. The fraction of sp³-hybridized carbons (Fsp3) is 1.00. The molecule has 3 heteroatoms. The molecule has 1 heterocycles. The predicted molar refractivity (Wildman–Crippen MR) is 85.1 cm³/mol. The summed E-state index contributed by atoms with van der Waals surface area (Å²) in [6.07, 6.45) is 6.44. The van der Waals surface area contributed by atoms with E-state index >= 15 is 0 Å². The van der Waals surface area contributed by atoms with E-state index in [0.29, 0.717) is 23.9 Å². The third-order valence-electron chi connectivity index (χ3n) is 5.20. The monoisotopic (exact) mass is 298 g/mol. The van der Waals surface area contributed by atoms with Crippen molar-refractivity contribution in [2.24, 2.45) is 16.7 Å². The Bertz CT molecular complexity index is 335. The van der Waals surface area contributed by atoms with Crippen molar-refractivity contribution in [3.63, 3.8) is 0 Å². The van der Waals surface area contributed by atoms with Gasteiger partial charge in [-0.05, 0) is 42.4 Å². The van der Waals surface area contributed by atoms with Gasteiger partial charge in [0.1, 0.15) is 0 Å². The maximum atomic E-state index is 9.03. The molecule has 2 rings (SSSR count). The first kappa shape index (κ1) is 17.2. The SMILES string of the molecule is CC(C)(C)CC(C)(C)C1CCC2(CC1)OCC(CCO)O2. The second-order valence-corrected chi connectivity index (χ2v) is 8.97. The van der Waals surface area contributed by atoms with Crippen molar-refractivity contribution in [2.75, 3.05) is 13.2 Å². The molecule has 1 saturated carbocycles. The topological polar surface area (TPSA) is 38.7 Å². The number of rotatable bonds is 4. The lowest BCUT2D eigenvalue weighted by molar-refractivity contribution is -0.198. The molecule has 0 bridgehead atoms. The molecule has 3 nitrogen and oxygen atoms in total. The first-order valence-electron chi connectivity index (χ1n) is 8.58. The fourth-order valence-corrected chi connectivity index (χ4v) is 4.52. The first-order chi connectivity index (χ1) is 9.66. The molecular weight excluding hydrogens is 264 g/mol. The van der Waals surface area contributed by atoms with Crippen LogP contribution in [0, 0.1) is 16.7 Å². The van der Waals surface area contributed by atoms with Crippen LogP contribution in [0.25, 0.3) is 0 Å². The summed E-state index contributed by atoms with van der Waals surface area (Å²) in [7, 11) is 0. The zero-order chi connectivity index (χ0) is 15.7. The molecule has 2 aliphatic rings. The van der Waals surface area contributed by atoms with Crippen LogP contribution in [0.4, 0.5) is 0 Å². The van der Waals surface area contributed by atoms with Crippen LogP contribution in [-0.4, -0.2) is 30.2 Å². The number of hydrogen-bond acceptors (Lipinski definition) is 3. The normalized spacial score (nSPS) is 34.6. The van der Waals surface area contributed by atoms with E-state index in [0.717, 1.165) is 18.8 Å². The summed E-state index contributed by atoms with van der Waals surface area (Å²) in [6.45, 7) is 12.7. The maximum absolute atomic E-state index is 9.03. The minimum absolute atomic E-state index is 0.0918. The third-order valence-corrected chi connectivity index (χ3v) is 5.20. The lowest BCUT2D eigenvalue weighted by atomic mass is 9.64. The van der Waals surface area contributed by atoms with Crippen molar-refractivity contribution in [3.8, 4) is 0 Å². The number of aliphatic hydroxyl groups is 1. The van der Waals surface area contributed by atoms with Gasteiger partial charge < -0.3 is 14.6 Å². The van der Waals surface area contributed by atoms with Gasteiger partial charge in [-0.1, -0.05) is 34.6 Å². The third kappa shape index (κ3) is 4.43. The first-order valence-corrected chi connectivity index (χ1v) is 8.58. The zero-order valence-corrected chi connectivity index (χ0v) is 14.6. The van der Waals surface area contributed by atoms with Gasteiger partial charge in [0.2, 0.25) is 0 Å². The van der Waals surface area contributed by atoms with Gasteiger partial charge in [-0.25, -0.2) is 0 Å². The second kappa shape index (κ2) is 6.17. The molecule has 0 radical (unpaired) electrons. The Balaban J connectivity index is 1.89. The number of ether oxygens (including phenoxy) is 2. The van der Waals surface area contributed by atoms with Crippen LogP contribution in [-0.2, 0) is 9.47 Å². The quantitative estimate of drug-likeness (QED) is 0.848. The van der Waals surface area contributed by atoms with Crippen molar-refractivity contribution < 1.29 is 14.6 Å². The molecule has 2 fully saturated rings. The average Bonchev–Trinajstić information content (AvgIpc) is 2.70. The van der Waals surface area contributed by atoms with Gasteiger partial charge in [-0.15, -0.1) is 0 Å². The Labute approximate surface area is 130 Å². The van der Waals surface area contributed by atoms with E-state index in [1.807, 2.05) is 0 Å². The van der Waals surface area contributed by atoms with Crippen LogP contribution in [0.15, 0.2) is 0 Å². The van der Waals surface area contributed by atoms with Crippen LogP contribution < -0.4 is 0 Å². The predicted octanol–water partition coefficient (Wildman–Crippen LogP) is 4.13. The van der Waals surface area contributed by atoms with E-state index in [2.05, 4.69) is 34.6 Å². The van der Waals surface area contributed by atoms with Gasteiger partial charge in [0.15, 0.2) is 5.79 Å². The molecule has 0 aromatic heterocycles. The Morgan fingerprint density at radius 2 is 1.71 bits per heavy atom. The average molecular weight is 298 g/mol. The standard InChI is InChI=1S/C18H34O3/c1-16(2,3)13-17(4,5)14-6-9-18(10-7-14)20-12-15(21-18)8-11-19/h14-15,19H,6-13H2,1-5H3. The highest BCUT2D eigenvalue weighted by Gasteiger charge is 2.46. The zero-order valence-electron chi connectivity index (χ0n) is 14.6. The minimum Gasteiger partial charge on any atom is -0.396 e. The van der Waals surface area contributed by atoms with Crippen LogP contribution in [0.1, 0.15) is 73.1 Å². The molecule has 1 unspecified atom stereocenters. The Kier molecular flexibility index (Phi) is 5.07. The maximum Gasteiger partial charge on any atom is 0.168 e. The molecule has 1 spiro atoms. The minimum atomic E-state index is -0.339. The van der Waals surface area contributed by atoms with Gasteiger partial charge in [-0.2, -0.15) is 0 Å². The smallest absolute Gasteiger partial charge is 0.168 e. The summed E-state index contributed by atoms with van der Waals surface area (Å²) in [5, 5.41) is 9.03. The summed E-state index contributed by atoms with van der Waals surface area (Å²) in [5.74, 6) is 0.417. The molecule has 1 atom stereocenters. The summed E-state index contributed by atoms with van der Waals surface area (Å²) >= 11 is 0. The van der Waals surface area contributed by atoms with Gasteiger partial charge >= 0.3 is 0 Å². The molecule has 1 aliphatic carbocycles.